The van der Waals surface area contributed by atoms with Gasteiger partial charge < -0.3 is 15.8 Å². The highest BCUT2D eigenvalue weighted by molar-refractivity contribution is 5.77. The van der Waals surface area contributed by atoms with Crippen LogP contribution in [0.3, 0.4) is 0 Å². The van der Waals surface area contributed by atoms with Crippen LogP contribution < -0.4 is 15.8 Å². The van der Waals surface area contributed by atoms with Crippen LogP contribution in [0.2, 0.25) is 0 Å². The van der Waals surface area contributed by atoms with Crippen LogP contribution in [0.25, 0.3) is 0 Å². The SMILES string of the molecule is Cc1cccc(C)c1OCC(=O)NCC(N)c1ccccc1. The summed E-state index contributed by atoms with van der Waals surface area (Å²) >= 11 is 0. The Balaban J connectivity index is 1.81. The number of carbonyl (C=O) groups is 1. The number of rotatable bonds is 6. The molecule has 22 heavy (non-hydrogen) atoms. The number of nitrogens with one attached hydrogen (secondary N) is 1. The van der Waals surface area contributed by atoms with Gasteiger partial charge in [0.05, 0.1) is 0 Å². The monoisotopic (exact) mass is 298 g/mol. The first-order valence-electron chi connectivity index (χ1n) is 7.34. The van der Waals surface area contributed by atoms with Gasteiger partial charge in [-0.3, -0.25) is 4.79 Å². The van der Waals surface area contributed by atoms with Gasteiger partial charge in [-0.2, -0.15) is 0 Å². The van der Waals surface area contributed by atoms with Crippen molar-refractivity contribution in [2.75, 3.05) is 13.2 Å². The lowest BCUT2D eigenvalue weighted by atomic mass is 10.1. The molecule has 4 nitrogen and oxygen atoms in total. The van der Waals surface area contributed by atoms with Crippen molar-refractivity contribution < 1.29 is 9.53 Å². The van der Waals surface area contributed by atoms with Crippen LogP contribution in [0.4, 0.5) is 0 Å². The third kappa shape index (κ3) is 4.33. The number of carbonyl (C=O) groups excluding carboxylic acids is 1. The quantitative estimate of drug-likeness (QED) is 0.861. The van der Waals surface area contributed by atoms with E-state index < -0.39 is 0 Å². The van der Waals surface area contributed by atoms with Crippen LogP contribution in [-0.2, 0) is 4.79 Å². The standard InChI is InChI=1S/C18H22N2O2/c1-13-7-6-8-14(2)18(13)22-12-17(21)20-11-16(19)15-9-4-3-5-10-15/h3-10,16H,11-12,19H2,1-2H3,(H,20,21). The van der Waals surface area contributed by atoms with Crippen molar-refractivity contribution in [2.45, 2.75) is 19.9 Å². The van der Waals surface area contributed by atoms with Crippen LogP contribution >= 0.6 is 0 Å². The minimum Gasteiger partial charge on any atom is -0.483 e. The van der Waals surface area contributed by atoms with Crippen molar-refractivity contribution in [3.63, 3.8) is 0 Å². The maximum absolute atomic E-state index is 11.9. The largest absolute Gasteiger partial charge is 0.483 e. The predicted molar refractivity (Wildman–Crippen MR) is 87.8 cm³/mol. The Hall–Kier alpha value is -2.33. The first kappa shape index (κ1) is 16.0. The molecule has 3 N–H and O–H groups in total. The van der Waals surface area contributed by atoms with Gasteiger partial charge >= 0.3 is 0 Å². The van der Waals surface area contributed by atoms with Crippen molar-refractivity contribution >= 4 is 5.91 Å². The summed E-state index contributed by atoms with van der Waals surface area (Å²) in [5.74, 6) is 0.596. The maximum Gasteiger partial charge on any atom is 0.258 e. The molecule has 2 rings (SSSR count). The van der Waals surface area contributed by atoms with E-state index in [9.17, 15) is 4.79 Å². The lowest BCUT2D eigenvalue weighted by molar-refractivity contribution is -0.123. The highest BCUT2D eigenvalue weighted by Gasteiger charge is 2.10. The summed E-state index contributed by atoms with van der Waals surface area (Å²) in [6.45, 7) is 4.31. The molecule has 0 saturated heterocycles. The zero-order valence-electron chi connectivity index (χ0n) is 13.0. The second kappa shape index (κ2) is 7.61. The fraction of sp³-hybridized carbons (Fsp3) is 0.278. The molecule has 0 spiro atoms. The van der Waals surface area contributed by atoms with Crippen LogP contribution in [0.5, 0.6) is 5.75 Å². The van der Waals surface area contributed by atoms with Crippen LogP contribution in [-0.4, -0.2) is 19.1 Å². The number of hydrogen-bond acceptors (Lipinski definition) is 3. The molecule has 0 saturated carbocycles. The third-order valence-corrected chi connectivity index (χ3v) is 3.50. The van der Waals surface area contributed by atoms with Gasteiger partial charge in [-0.25, -0.2) is 0 Å². The van der Waals surface area contributed by atoms with Gasteiger partial charge in [0.25, 0.3) is 5.91 Å². The second-order valence-electron chi connectivity index (χ2n) is 5.33. The smallest absolute Gasteiger partial charge is 0.258 e. The fourth-order valence-electron chi connectivity index (χ4n) is 2.26. The summed E-state index contributed by atoms with van der Waals surface area (Å²) in [6.07, 6.45) is 0. The summed E-state index contributed by atoms with van der Waals surface area (Å²) < 4.78 is 5.61. The van der Waals surface area contributed by atoms with E-state index in [-0.39, 0.29) is 18.6 Å². The zero-order valence-corrected chi connectivity index (χ0v) is 13.0. The number of hydrogen-bond donors (Lipinski definition) is 2. The molecule has 1 unspecified atom stereocenters. The van der Waals surface area contributed by atoms with Gasteiger partial charge in [-0.1, -0.05) is 48.5 Å². The first-order valence-corrected chi connectivity index (χ1v) is 7.34. The van der Waals surface area contributed by atoms with Gasteiger partial charge in [0.1, 0.15) is 5.75 Å². The zero-order chi connectivity index (χ0) is 15.9. The molecule has 1 atom stereocenters. The van der Waals surface area contributed by atoms with E-state index in [0.717, 1.165) is 22.4 Å². The van der Waals surface area contributed by atoms with Crippen LogP contribution in [0.15, 0.2) is 48.5 Å². The Bertz CT molecular complexity index is 606. The van der Waals surface area contributed by atoms with Gasteiger partial charge in [0.15, 0.2) is 6.61 Å². The van der Waals surface area contributed by atoms with Crippen molar-refractivity contribution in [1.82, 2.24) is 5.32 Å². The molecule has 0 fully saturated rings. The number of ether oxygens (including phenoxy) is 1. The summed E-state index contributed by atoms with van der Waals surface area (Å²) in [5, 5.41) is 2.80. The molecule has 0 heterocycles. The summed E-state index contributed by atoms with van der Waals surface area (Å²) in [7, 11) is 0. The molecule has 1 amide bonds. The third-order valence-electron chi connectivity index (χ3n) is 3.50. The minimum absolute atomic E-state index is 0.00674. The maximum atomic E-state index is 11.9. The molecular formula is C18H22N2O2. The number of amides is 1. The van der Waals surface area contributed by atoms with Crippen LogP contribution in [0.1, 0.15) is 22.7 Å². The Morgan fingerprint density at radius 2 is 1.73 bits per heavy atom. The number of aryl methyl sites for hydroxylation is 2. The molecule has 2 aromatic rings. The van der Waals surface area contributed by atoms with E-state index in [1.165, 1.54) is 0 Å². The average Bonchev–Trinajstić information content (AvgIpc) is 2.53. The molecule has 0 aliphatic heterocycles. The molecule has 2 aromatic carbocycles. The normalized spacial score (nSPS) is 11.8. The Labute approximate surface area is 131 Å². The van der Waals surface area contributed by atoms with Gasteiger partial charge in [0.2, 0.25) is 0 Å². The molecule has 0 radical (unpaired) electrons. The van der Waals surface area contributed by atoms with Crippen LogP contribution in [0, 0.1) is 13.8 Å². The van der Waals surface area contributed by atoms with Gasteiger partial charge in [0, 0.05) is 12.6 Å². The fourth-order valence-corrected chi connectivity index (χ4v) is 2.26. The molecule has 0 aromatic heterocycles. The van der Waals surface area contributed by atoms with Crippen molar-refractivity contribution in [3.05, 3.63) is 65.2 Å². The highest BCUT2D eigenvalue weighted by atomic mass is 16.5. The molecule has 116 valence electrons. The minimum atomic E-state index is -0.217. The summed E-state index contributed by atoms with van der Waals surface area (Å²) in [5.41, 5.74) is 9.09. The number of para-hydroxylation sites is 1. The van der Waals surface area contributed by atoms with Crippen molar-refractivity contribution in [1.29, 1.82) is 0 Å². The van der Waals surface area contributed by atoms with E-state index in [4.69, 9.17) is 10.5 Å². The molecule has 0 aliphatic carbocycles. The average molecular weight is 298 g/mol. The molecule has 4 heteroatoms. The topological polar surface area (TPSA) is 64.3 Å². The molecular weight excluding hydrogens is 276 g/mol. The molecule has 0 aliphatic rings. The van der Waals surface area contributed by atoms with E-state index in [0.29, 0.717) is 6.54 Å². The van der Waals surface area contributed by atoms with E-state index in [1.54, 1.807) is 0 Å². The Morgan fingerprint density at radius 1 is 1.09 bits per heavy atom. The van der Waals surface area contributed by atoms with Gasteiger partial charge in [-0.05, 0) is 30.5 Å². The first-order chi connectivity index (χ1) is 10.6. The lowest BCUT2D eigenvalue weighted by Gasteiger charge is -2.14. The number of nitrogens with two attached hydrogens (primary N) is 1. The Morgan fingerprint density at radius 3 is 2.36 bits per heavy atom. The Kier molecular flexibility index (Phi) is 5.55. The van der Waals surface area contributed by atoms with Gasteiger partial charge in [-0.15, -0.1) is 0 Å². The second-order valence-corrected chi connectivity index (χ2v) is 5.33. The van der Waals surface area contributed by atoms with Crippen molar-refractivity contribution in [3.8, 4) is 5.75 Å². The summed E-state index contributed by atoms with van der Waals surface area (Å²) in [6, 6.07) is 15.4. The van der Waals surface area contributed by atoms with E-state index >= 15 is 0 Å². The molecule has 0 bridgehead atoms. The summed E-state index contributed by atoms with van der Waals surface area (Å²) in [4.78, 5) is 11.9. The predicted octanol–water partition coefficient (Wildman–Crippen LogP) is 2.50. The number of benzene rings is 2. The van der Waals surface area contributed by atoms with E-state index in [2.05, 4.69) is 5.32 Å². The van der Waals surface area contributed by atoms with E-state index in [1.807, 2.05) is 62.4 Å². The lowest BCUT2D eigenvalue weighted by Crippen LogP contribution is -2.35. The highest BCUT2D eigenvalue weighted by Crippen LogP contribution is 2.22. The van der Waals surface area contributed by atoms with Crippen molar-refractivity contribution in [2.24, 2.45) is 5.73 Å².